The van der Waals surface area contributed by atoms with Crippen LogP contribution in [0, 0.1) is 0 Å². The molecule has 1 aromatic rings. The molecule has 76 valence electrons. The molecule has 2 heterocycles. The van der Waals surface area contributed by atoms with E-state index in [0.717, 1.165) is 25.2 Å². The first kappa shape index (κ1) is 9.36. The molecular weight excluding hydrogens is 178 g/mol. The van der Waals surface area contributed by atoms with Gasteiger partial charge in [0.2, 0.25) is 0 Å². The smallest absolute Gasteiger partial charge is 0.133 e. The van der Waals surface area contributed by atoms with Crippen LogP contribution in [0.3, 0.4) is 0 Å². The standard InChI is InChI=1S/C9H15N5/c10-7-2-4-14(8(11)5-7)9-1-3-12-6-13-9/h1,3,6-8H,2,4-5,10-11H2. The molecule has 0 radical (unpaired) electrons. The maximum atomic E-state index is 5.99. The minimum absolute atomic E-state index is 0.0198. The van der Waals surface area contributed by atoms with E-state index in [0.29, 0.717) is 0 Å². The zero-order valence-corrected chi connectivity index (χ0v) is 8.00. The molecule has 2 unspecified atom stereocenters. The van der Waals surface area contributed by atoms with Gasteiger partial charge in [0.1, 0.15) is 12.1 Å². The molecule has 2 rings (SSSR count). The Morgan fingerprint density at radius 2 is 2.29 bits per heavy atom. The predicted octanol–water partition coefficient (Wildman–Crippen LogP) is -0.311. The van der Waals surface area contributed by atoms with E-state index >= 15 is 0 Å². The molecule has 1 fully saturated rings. The van der Waals surface area contributed by atoms with Gasteiger partial charge in [-0.25, -0.2) is 9.97 Å². The Labute approximate surface area is 83.1 Å². The van der Waals surface area contributed by atoms with Crippen molar-refractivity contribution in [1.29, 1.82) is 0 Å². The molecule has 0 bridgehead atoms. The van der Waals surface area contributed by atoms with Gasteiger partial charge in [0.05, 0.1) is 6.17 Å². The van der Waals surface area contributed by atoms with Gasteiger partial charge in [-0.05, 0) is 18.9 Å². The van der Waals surface area contributed by atoms with E-state index in [9.17, 15) is 0 Å². The minimum Gasteiger partial charge on any atom is -0.341 e. The van der Waals surface area contributed by atoms with E-state index in [2.05, 4.69) is 14.9 Å². The summed E-state index contributed by atoms with van der Waals surface area (Å²) in [5, 5.41) is 0. The number of piperidine rings is 1. The van der Waals surface area contributed by atoms with Gasteiger partial charge in [-0.1, -0.05) is 0 Å². The summed E-state index contributed by atoms with van der Waals surface area (Å²) in [5.74, 6) is 0.888. The molecule has 4 N–H and O–H groups in total. The van der Waals surface area contributed by atoms with Crippen molar-refractivity contribution < 1.29 is 0 Å². The van der Waals surface area contributed by atoms with Crippen LogP contribution < -0.4 is 16.4 Å². The largest absolute Gasteiger partial charge is 0.341 e. The maximum absolute atomic E-state index is 5.99. The molecule has 5 heteroatoms. The quantitative estimate of drug-likeness (QED) is 0.639. The van der Waals surface area contributed by atoms with Crippen LogP contribution in [0.25, 0.3) is 0 Å². The van der Waals surface area contributed by atoms with Crippen molar-refractivity contribution in [1.82, 2.24) is 9.97 Å². The Kier molecular flexibility index (Phi) is 2.60. The number of hydrogen-bond donors (Lipinski definition) is 2. The summed E-state index contributed by atoms with van der Waals surface area (Å²) in [7, 11) is 0. The molecule has 1 aliphatic rings. The average molecular weight is 193 g/mol. The van der Waals surface area contributed by atoms with Crippen molar-refractivity contribution in [2.24, 2.45) is 11.5 Å². The second-order valence-corrected chi connectivity index (χ2v) is 3.61. The fraction of sp³-hybridized carbons (Fsp3) is 0.556. The Morgan fingerprint density at radius 3 is 2.93 bits per heavy atom. The second-order valence-electron chi connectivity index (χ2n) is 3.61. The first-order valence-electron chi connectivity index (χ1n) is 4.81. The highest BCUT2D eigenvalue weighted by Gasteiger charge is 2.24. The molecule has 0 spiro atoms. The molecule has 0 aromatic carbocycles. The van der Waals surface area contributed by atoms with E-state index in [4.69, 9.17) is 11.5 Å². The lowest BCUT2D eigenvalue weighted by atomic mass is 10.0. The normalized spacial score (nSPS) is 27.7. The van der Waals surface area contributed by atoms with Crippen LogP contribution in [0.2, 0.25) is 0 Å². The fourth-order valence-corrected chi connectivity index (χ4v) is 1.76. The molecule has 0 aliphatic carbocycles. The monoisotopic (exact) mass is 193 g/mol. The van der Waals surface area contributed by atoms with Gasteiger partial charge >= 0.3 is 0 Å². The topological polar surface area (TPSA) is 81.1 Å². The number of nitrogens with zero attached hydrogens (tertiary/aromatic N) is 3. The van der Waals surface area contributed by atoms with Gasteiger partial charge in [0, 0.05) is 18.8 Å². The van der Waals surface area contributed by atoms with Crippen LogP contribution in [0.1, 0.15) is 12.8 Å². The third-order valence-electron chi connectivity index (χ3n) is 2.55. The van der Waals surface area contributed by atoms with Crippen molar-refractivity contribution in [3.63, 3.8) is 0 Å². The number of aromatic nitrogens is 2. The molecule has 1 aliphatic heterocycles. The zero-order chi connectivity index (χ0) is 9.97. The summed E-state index contributed by atoms with van der Waals surface area (Å²) >= 11 is 0. The molecule has 0 amide bonds. The maximum Gasteiger partial charge on any atom is 0.133 e. The lowest BCUT2D eigenvalue weighted by Crippen LogP contribution is -2.52. The number of rotatable bonds is 1. The fourth-order valence-electron chi connectivity index (χ4n) is 1.76. The van der Waals surface area contributed by atoms with E-state index in [1.807, 2.05) is 6.07 Å². The molecule has 0 saturated carbocycles. The summed E-state index contributed by atoms with van der Waals surface area (Å²) in [6.07, 6.45) is 5.04. The highest BCUT2D eigenvalue weighted by Crippen LogP contribution is 2.18. The van der Waals surface area contributed by atoms with Crippen LogP contribution in [-0.2, 0) is 0 Å². The number of hydrogen-bond acceptors (Lipinski definition) is 5. The van der Waals surface area contributed by atoms with Gasteiger partial charge in [0.25, 0.3) is 0 Å². The lowest BCUT2D eigenvalue weighted by Gasteiger charge is -2.36. The molecular formula is C9H15N5. The summed E-state index contributed by atoms with van der Waals surface area (Å²) in [6, 6.07) is 2.10. The summed E-state index contributed by atoms with van der Waals surface area (Å²) < 4.78 is 0. The van der Waals surface area contributed by atoms with Crippen LogP contribution in [0.5, 0.6) is 0 Å². The second kappa shape index (κ2) is 3.89. The first-order chi connectivity index (χ1) is 6.77. The van der Waals surface area contributed by atoms with Gasteiger partial charge < -0.3 is 16.4 Å². The van der Waals surface area contributed by atoms with Crippen molar-refractivity contribution in [2.45, 2.75) is 25.0 Å². The van der Waals surface area contributed by atoms with Crippen molar-refractivity contribution in [2.75, 3.05) is 11.4 Å². The van der Waals surface area contributed by atoms with Crippen LogP contribution in [-0.4, -0.2) is 28.7 Å². The van der Waals surface area contributed by atoms with E-state index in [1.54, 1.807) is 6.20 Å². The predicted molar refractivity (Wildman–Crippen MR) is 54.6 cm³/mol. The Balaban J connectivity index is 2.12. The molecule has 2 atom stereocenters. The first-order valence-corrected chi connectivity index (χ1v) is 4.81. The summed E-state index contributed by atoms with van der Waals surface area (Å²) in [6.45, 7) is 0.874. The Morgan fingerprint density at radius 1 is 1.43 bits per heavy atom. The van der Waals surface area contributed by atoms with Gasteiger partial charge in [0.15, 0.2) is 0 Å². The highest BCUT2D eigenvalue weighted by molar-refractivity contribution is 5.38. The van der Waals surface area contributed by atoms with Crippen LogP contribution in [0.15, 0.2) is 18.6 Å². The Bertz CT molecular complexity index is 289. The molecule has 1 saturated heterocycles. The van der Waals surface area contributed by atoms with E-state index in [-0.39, 0.29) is 12.2 Å². The number of anilines is 1. The lowest BCUT2D eigenvalue weighted by molar-refractivity contribution is 0.416. The van der Waals surface area contributed by atoms with Gasteiger partial charge in [-0.15, -0.1) is 0 Å². The third-order valence-corrected chi connectivity index (χ3v) is 2.55. The van der Waals surface area contributed by atoms with Crippen LogP contribution in [0.4, 0.5) is 5.82 Å². The van der Waals surface area contributed by atoms with Crippen LogP contribution >= 0.6 is 0 Å². The van der Waals surface area contributed by atoms with Gasteiger partial charge in [-0.2, -0.15) is 0 Å². The molecule has 14 heavy (non-hydrogen) atoms. The summed E-state index contributed by atoms with van der Waals surface area (Å²) in [4.78, 5) is 10.1. The summed E-state index contributed by atoms with van der Waals surface area (Å²) in [5.41, 5.74) is 11.8. The highest BCUT2D eigenvalue weighted by atomic mass is 15.3. The third kappa shape index (κ3) is 1.83. The number of nitrogens with two attached hydrogens (primary N) is 2. The van der Waals surface area contributed by atoms with Crippen molar-refractivity contribution >= 4 is 5.82 Å². The SMILES string of the molecule is NC1CCN(c2ccncn2)C(N)C1. The van der Waals surface area contributed by atoms with Crippen molar-refractivity contribution in [3.8, 4) is 0 Å². The van der Waals surface area contributed by atoms with E-state index < -0.39 is 0 Å². The Hall–Kier alpha value is -1.20. The average Bonchev–Trinajstić information content (AvgIpc) is 2.19. The van der Waals surface area contributed by atoms with Gasteiger partial charge in [-0.3, -0.25) is 0 Å². The minimum atomic E-state index is -0.0198. The molecule has 1 aromatic heterocycles. The zero-order valence-electron chi connectivity index (χ0n) is 8.00. The van der Waals surface area contributed by atoms with E-state index in [1.165, 1.54) is 6.33 Å². The van der Waals surface area contributed by atoms with Crippen molar-refractivity contribution in [3.05, 3.63) is 18.6 Å². The molecule has 5 nitrogen and oxygen atoms in total.